The van der Waals surface area contributed by atoms with E-state index in [1.807, 2.05) is 53.4 Å². The Labute approximate surface area is 241 Å². The van der Waals surface area contributed by atoms with Crippen LogP contribution >= 0.6 is 22.9 Å². The van der Waals surface area contributed by atoms with E-state index in [0.29, 0.717) is 53.7 Å². The summed E-state index contributed by atoms with van der Waals surface area (Å²) in [6, 6.07) is 17.1. The molecule has 10 heteroatoms. The van der Waals surface area contributed by atoms with Gasteiger partial charge in [0.1, 0.15) is 16.4 Å². The standard InChI is InChI=1S/C30H31ClN4O4S/c1-34(30(37)38)21-9-11-22(12-10-21)35(29(36)28-27(31)23-5-3-4-6-25(23)40-28)17-20-15-18(7-13-24(20)39-2)19-8-14-26(32)33-16-19/h3-8,13-16,21-22H,9-12,17H2,1-2H3,(H2,32,33)(H,37,38). The van der Waals surface area contributed by atoms with Gasteiger partial charge in [0.05, 0.1) is 12.1 Å². The molecule has 2 aromatic heterocycles. The molecule has 0 aliphatic heterocycles. The Hall–Kier alpha value is -3.82. The number of nitrogens with zero attached hydrogens (tertiary/aromatic N) is 3. The quantitative estimate of drug-likeness (QED) is 0.250. The van der Waals surface area contributed by atoms with Crippen LogP contribution in [-0.4, -0.2) is 58.1 Å². The van der Waals surface area contributed by atoms with E-state index in [1.54, 1.807) is 26.4 Å². The van der Waals surface area contributed by atoms with Crippen LogP contribution in [0.2, 0.25) is 5.02 Å². The summed E-state index contributed by atoms with van der Waals surface area (Å²) in [5.41, 5.74) is 8.47. The van der Waals surface area contributed by atoms with E-state index in [9.17, 15) is 14.7 Å². The first-order chi connectivity index (χ1) is 19.3. The molecule has 3 N–H and O–H groups in total. The Balaban J connectivity index is 1.50. The first-order valence-corrected chi connectivity index (χ1v) is 14.3. The number of aromatic nitrogens is 1. The molecule has 1 aliphatic rings. The van der Waals surface area contributed by atoms with Crippen molar-refractivity contribution in [2.75, 3.05) is 19.9 Å². The molecule has 208 valence electrons. The number of methoxy groups -OCH3 is 1. The number of hydrogen-bond donors (Lipinski definition) is 2. The maximum Gasteiger partial charge on any atom is 0.407 e. The number of pyridine rings is 1. The average molecular weight is 579 g/mol. The molecule has 1 aliphatic carbocycles. The highest BCUT2D eigenvalue weighted by atomic mass is 35.5. The number of thiophene rings is 1. The molecular weight excluding hydrogens is 548 g/mol. The molecule has 0 spiro atoms. The fourth-order valence-corrected chi connectivity index (χ4v) is 6.87. The van der Waals surface area contributed by atoms with Gasteiger partial charge in [-0.1, -0.05) is 35.9 Å². The lowest BCUT2D eigenvalue weighted by atomic mass is 9.89. The highest BCUT2D eigenvalue weighted by molar-refractivity contribution is 7.21. The van der Waals surface area contributed by atoms with Gasteiger partial charge in [-0.05, 0) is 61.6 Å². The molecule has 2 amide bonds. The van der Waals surface area contributed by atoms with Gasteiger partial charge in [0.15, 0.2) is 0 Å². The van der Waals surface area contributed by atoms with Crippen LogP contribution in [0.3, 0.4) is 0 Å². The van der Waals surface area contributed by atoms with E-state index in [0.717, 1.165) is 26.8 Å². The number of halogens is 1. The molecule has 0 saturated heterocycles. The summed E-state index contributed by atoms with van der Waals surface area (Å²) in [6.07, 6.45) is 3.49. The van der Waals surface area contributed by atoms with E-state index in [1.165, 1.54) is 16.2 Å². The summed E-state index contributed by atoms with van der Waals surface area (Å²) in [7, 11) is 3.22. The van der Waals surface area contributed by atoms with Gasteiger partial charge in [0.2, 0.25) is 0 Å². The molecule has 0 bridgehead atoms. The van der Waals surface area contributed by atoms with Crippen molar-refractivity contribution in [2.24, 2.45) is 0 Å². The van der Waals surface area contributed by atoms with Gasteiger partial charge in [0, 0.05) is 53.1 Å². The number of fused-ring (bicyclic) bond motifs is 1. The van der Waals surface area contributed by atoms with Crippen molar-refractivity contribution in [3.63, 3.8) is 0 Å². The average Bonchev–Trinajstić information content (AvgIpc) is 3.32. The monoisotopic (exact) mass is 578 g/mol. The second-order valence-electron chi connectivity index (χ2n) is 10.0. The summed E-state index contributed by atoms with van der Waals surface area (Å²) >= 11 is 8.16. The van der Waals surface area contributed by atoms with Crippen molar-refractivity contribution in [2.45, 2.75) is 44.3 Å². The van der Waals surface area contributed by atoms with E-state index in [4.69, 9.17) is 22.1 Å². The van der Waals surface area contributed by atoms with E-state index >= 15 is 0 Å². The van der Waals surface area contributed by atoms with Crippen molar-refractivity contribution in [1.29, 1.82) is 0 Å². The van der Waals surface area contributed by atoms with Crippen LogP contribution in [0.4, 0.5) is 10.6 Å². The largest absolute Gasteiger partial charge is 0.496 e. The number of carbonyl (C=O) groups excluding carboxylic acids is 1. The molecular formula is C30H31ClN4O4S. The fourth-order valence-electron chi connectivity index (χ4n) is 5.40. The van der Waals surface area contributed by atoms with Crippen molar-refractivity contribution in [3.8, 4) is 16.9 Å². The second-order valence-corrected chi connectivity index (χ2v) is 11.5. The van der Waals surface area contributed by atoms with Crippen LogP contribution in [0.25, 0.3) is 21.2 Å². The normalized spacial score (nSPS) is 17.0. The van der Waals surface area contributed by atoms with Crippen molar-refractivity contribution in [1.82, 2.24) is 14.8 Å². The van der Waals surface area contributed by atoms with Gasteiger partial charge in [-0.2, -0.15) is 0 Å². The first-order valence-electron chi connectivity index (χ1n) is 13.1. The number of ether oxygens (including phenoxy) is 1. The number of amides is 2. The summed E-state index contributed by atoms with van der Waals surface area (Å²) in [5, 5.41) is 10.8. The maximum absolute atomic E-state index is 14.2. The Morgan fingerprint density at radius 2 is 1.77 bits per heavy atom. The molecule has 8 nitrogen and oxygen atoms in total. The lowest BCUT2D eigenvalue weighted by Crippen LogP contribution is -2.46. The number of nitrogen functional groups attached to an aromatic ring is 1. The summed E-state index contributed by atoms with van der Waals surface area (Å²) < 4.78 is 6.66. The zero-order valence-electron chi connectivity index (χ0n) is 22.3. The van der Waals surface area contributed by atoms with Crippen molar-refractivity contribution in [3.05, 3.63) is 76.3 Å². The van der Waals surface area contributed by atoms with Gasteiger partial charge in [-0.15, -0.1) is 11.3 Å². The highest BCUT2D eigenvalue weighted by Gasteiger charge is 2.34. The molecule has 5 rings (SSSR count). The molecule has 1 saturated carbocycles. The van der Waals surface area contributed by atoms with Gasteiger partial charge >= 0.3 is 6.09 Å². The maximum atomic E-state index is 14.2. The third-order valence-electron chi connectivity index (χ3n) is 7.69. The van der Waals surface area contributed by atoms with Gasteiger partial charge < -0.3 is 25.4 Å². The van der Waals surface area contributed by atoms with Crippen LogP contribution in [-0.2, 0) is 6.54 Å². The molecule has 0 atom stereocenters. The third-order valence-corrected chi connectivity index (χ3v) is 9.35. The lowest BCUT2D eigenvalue weighted by Gasteiger charge is -2.39. The number of carbonyl (C=O) groups is 2. The second kappa shape index (κ2) is 11.7. The summed E-state index contributed by atoms with van der Waals surface area (Å²) in [5.74, 6) is 0.980. The van der Waals surface area contributed by atoms with Gasteiger partial charge in [0.25, 0.3) is 5.91 Å². The lowest BCUT2D eigenvalue weighted by molar-refractivity contribution is 0.0555. The number of anilines is 1. The molecule has 2 heterocycles. The number of benzene rings is 2. The zero-order chi connectivity index (χ0) is 28.4. The zero-order valence-corrected chi connectivity index (χ0v) is 23.9. The molecule has 2 aromatic carbocycles. The van der Waals surface area contributed by atoms with Crippen LogP contribution < -0.4 is 10.5 Å². The van der Waals surface area contributed by atoms with E-state index < -0.39 is 6.09 Å². The van der Waals surface area contributed by atoms with Crippen molar-refractivity contribution >= 4 is 50.8 Å². The Morgan fingerprint density at radius 1 is 1.07 bits per heavy atom. The predicted molar refractivity (Wildman–Crippen MR) is 159 cm³/mol. The van der Waals surface area contributed by atoms with Gasteiger partial charge in [-0.25, -0.2) is 9.78 Å². The number of carboxylic acid groups (broad SMARTS) is 1. The third kappa shape index (κ3) is 5.57. The number of rotatable bonds is 7. The summed E-state index contributed by atoms with van der Waals surface area (Å²) in [6.45, 7) is 0.312. The molecule has 0 radical (unpaired) electrons. The van der Waals surface area contributed by atoms with Crippen molar-refractivity contribution < 1.29 is 19.4 Å². The topological polar surface area (TPSA) is 109 Å². The minimum absolute atomic E-state index is 0.0745. The molecule has 1 fully saturated rings. The smallest absolute Gasteiger partial charge is 0.407 e. The minimum Gasteiger partial charge on any atom is -0.496 e. The van der Waals surface area contributed by atoms with Gasteiger partial charge in [-0.3, -0.25) is 4.79 Å². The van der Waals surface area contributed by atoms with E-state index in [-0.39, 0.29) is 18.0 Å². The molecule has 40 heavy (non-hydrogen) atoms. The van der Waals surface area contributed by atoms with Crippen LogP contribution in [0.1, 0.15) is 40.9 Å². The fraction of sp³-hybridized carbons (Fsp3) is 0.300. The Morgan fingerprint density at radius 3 is 2.42 bits per heavy atom. The highest BCUT2D eigenvalue weighted by Crippen LogP contribution is 2.38. The minimum atomic E-state index is -0.938. The molecule has 4 aromatic rings. The predicted octanol–water partition coefficient (Wildman–Crippen LogP) is 6.77. The number of nitrogens with two attached hydrogens (primary N) is 1. The Bertz CT molecular complexity index is 1530. The summed E-state index contributed by atoms with van der Waals surface area (Å²) in [4.78, 5) is 33.8. The first kappa shape index (κ1) is 27.7. The SMILES string of the molecule is COc1ccc(-c2ccc(N)nc2)cc1CN(C(=O)c1sc2ccccc2c1Cl)C1CCC(N(C)C(=O)O)CC1. The number of hydrogen-bond acceptors (Lipinski definition) is 6. The van der Waals surface area contributed by atoms with E-state index in [2.05, 4.69) is 4.98 Å². The van der Waals surface area contributed by atoms with Crippen LogP contribution in [0, 0.1) is 0 Å². The van der Waals surface area contributed by atoms with Crippen LogP contribution in [0.15, 0.2) is 60.8 Å². The molecule has 0 unspecified atom stereocenters. The Kier molecular flexibility index (Phi) is 8.14. The van der Waals surface area contributed by atoms with Crippen LogP contribution in [0.5, 0.6) is 5.75 Å².